The van der Waals surface area contributed by atoms with Gasteiger partial charge >= 0.3 is 0 Å². The van der Waals surface area contributed by atoms with Crippen molar-refractivity contribution in [3.8, 4) is 156 Å². The average Bonchev–Trinajstić information content (AvgIpc) is 0.802. The maximum absolute atomic E-state index is 10.4. The first kappa shape index (κ1) is 87.1. The van der Waals surface area contributed by atoms with E-state index in [-0.39, 0.29) is 162 Å². The highest BCUT2D eigenvalue weighted by Gasteiger charge is 2.38. The fraction of sp³-hybridized carbons (Fsp3) is 0.273. The molecule has 32 heteroatoms. The summed E-state index contributed by atoms with van der Waals surface area (Å²) in [7, 11) is 4.64. The maximum atomic E-state index is 10.4. The Hall–Kier alpha value is -13.8. The van der Waals surface area contributed by atoms with Crippen LogP contribution in [-0.2, 0) is 36.8 Å². The zero-order valence-electron chi connectivity index (χ0n) is 64.7. The zero-order valence-corrected chi connectivity index (χ0v) is 64.7. The van der Waals surface area contributed by atoms with Gasteiger partial charge in [0.25, 0.3) is 0 Å². The maximum Gasteiger partial charge on any atom is 0.162 e. The van der Waals surface area contributed by atoms with E-state index in [0.717, 1.165) is 0 Å². The molecular formula is C88H90O32. The van der Waals surface area contributed by atoms with Crippen molar-refractivity contribution in [3.63, 3.8) is 0 Å². The van der Waals surface area contributed by atoms with Crippen molar-refractivity contribution in [3.05, 3.63) is 220 Å². The van der Waals surface area contributed by atoms with Crippen molar-refractivity contribution in [1.29, 1.82) is 0 Å². The monoisotopic (exact) mass is 1660 g/mol. The number of hydrogen-bond acceptors (Lipinski definition) is 32. The molecule has 32 nitrogen and oxygen atoms in total. The Bertz CT molecular complexity index is 5320. The summed E-state index contributed by atoms with van der Waals surface area (Å²) in [4.78, 5) is 0. The van der Waals surface area contributed by atoms with Crippen molar-refractivity contribution in [2.75, 3.05) is 61.0 Å². The van der Waals surface area contributed by atoms with Crippen LogP contribution in [0.1, 0.15) is 86.2 Å². The second-order valence-corrected chi connectivity index (χ2v) is 27.8. The lowest BCUT2D eigenvalue weighted by Gasteiger charge is -2.31. The molecule has 5 aliphatic rings. The summed E-state index contributed by atoms with van der Waals surface area (Å²) >= 11 is 0. The molecule has 20 N–H and O–H groups in total. The molecule has 0 saturated carbocycles. The van der Waals surface area contributed by atoms with Crippen LogP contribution in [-0.4, -0.2) is 194 Å². The standard InChI is InChI=1S/C18H20O7.C18H18O6.C18H16O6.C17H18O7.C17H18O6/c1-23-4-5-24-16-3-2-10(6-14(16)21)18-15(22)9-12-13(20)7-11(19)8-17(12)25-18;2*1-2-5-23-16-4-3-10(6-14(16)21)18-15(22)9-12-13(20)7-11(19)8-17(12)24-18;18-3-4-23-15-2-1-9(5-13(15)21)17-14(22)8-11-12(20)6-10(19)7-16(11)24-17;1-21-14-4-3-9(5-16(14)22-2)17-13(20)8-11-12(19)6-10(18)7-15(11)23-17/h2-3,6-8,15,18-22H,4-5,9H2,1H3;2-4,6-8,15,18-22H,1,5,9H2;1,3-4,6-8,15,18-22H,5,9H2;1-2,5-7,14,17-22H,3-4,8H2;3-7,13,17-20H,8H2,1-2H3. The van der Waals surface area contributed by atoms with Gasteiger partial charge in [-0.15, -0.1) is 6.42 Å². The Morgan fingerprint density at radius 3 is 0.858 bits per heavy atom. The third kappa shape index (κ3) is 20.6. The molecule has 0 amide bonds. The first-order valence-corrected chi connectivity index (χ1v) is 37.2. The van der Waals surface area contributed by atoms with E-state index in [1.807, 2.05) is 0 Å². The predicted octanol–water partition coefficient (Wildman–Crippen LogP) is 9.49. The van der Waals surface area contributed by atoms with Crippen LogP contribution in [0.3, 0.4) is 0 Å². The Morgan fingerprint density at radius 2 is 0.600 bits per heavy atom. The molecule has 10 atom stereocenters. The van der Waals surface area contributed by atoms with E-state index in [0.29, 0.717) is 109 Å². The Labute approximate surface area is 686 Å². The van der Waals surface area contributed by atoms with Gasteiger partial charge in [0.1, 0.15) is 143 Å². The quantitative estimate of drug-likeness (QED) is 0.0203. The number of aromatic hydroxyl groups is 14. The van der Waals surface area contributed by atoms with Crippen LogP contribution in [0.4, 0.5) is 0 Å². The molecule has 0 aromatic heterocycles. The highest BCUT2D eigenvalue weighted by Crippen LogP contribution is 2.50. The van der Waals surface area contributed by atoms with Crippen LogP contribution < -0.4 is 52.1 Å². The lowest BCUT2D eigenvalue weighted by Crippen LogP contribution is -2.30. The molecule has 15 rings (SSSR count). The largest absolute Gasteiger partial charge is 0.508 e. The van der Waals surface area contributed by atoms with Gasteiger partial charge in [0.15, 0.2) is 57.5 Å². The van der Waals surface area contributed by atoms with E-state index < -0.39 is 61.0 Å². The predicted molar refractivity (Wildman–Crippen MR) is 426 cm³/mol. The molecule has 0 saturated heterocycles. The number of benzene rings is 10. The van der Waals surface area contributed by atoms with Crippen LogP contribution in [0, 0.1) is 12.3 Å². The number of fused-ring (bicyclic) bond motifs is 5. The lowest BCUT2D eigenvalue weighted by atomic mass is 9.94. The third-order valence-corrected chi connectivity index (χ3v) is 19.5. The molecule has 10 aromatic carbocycles. The minimum absolute atomic E-state index is 0.0292. The van der Waals surface area contributed by atoms with Crippen molar-refractivity contribution in [2.24, 2.45) is 0 Å². The fourth-order valence-electron chi connectivity index (χ4n) is 13.8. The van der Waals surface area contributed by atoms with Gasteiger partial charge < -0.3 is 159 Å². The fourth-order valence-corrected chi connectivity index (χ4v) is 13.8. The number of hydrogen-bond donors (Lipinski definition) is 20. The lowest BCUT2D eigenvalue weighted by molar-refractivity contribution is 0.0196. The molecule has 10 aromatic rings. The molecule has 0 spiro atoms. The first-order chi connectivity index (χ1) is 57.5. The number of phenols is 14. The summed E-state index contributed by atoms with van der Waals surface area (Å²) in [5, 5.41) is 198. The third-order valence-electron chi connectivity index (χ3n) is 19.5. The van der Waals surface area contributed by atoms with Crippen molar-refractivity contribution in [1.82, 2.24) is 0 Å². The molecule has 120 heavy (non-hydrogen) atoms. The normalized spacial score (nSPS) is 19.3. The minimum atomic E-state index is -0.934. The van der Waals surface area contributed by atoms with Gasteiger partial charge in [-0.05, 0) is 88.5 Å². The molecule has 0 bridgehead atoms. The molecule has 5 aliphatic heterocycles. The molecule has 5 heterocycles. The van der Waals surface area contributed by atoms with Gasteiger partial charge in [0.2, 0.25) is 0 Å². The van der Waals surface area contributed by atoms with Gasteiger partial charge in [-0.2, -0.15) is 0 Å². The molecule has 10 unspecified atom stereocenters. The van der Waals surface area contributed by atoms with Crippen LogP contribution in [0.5, 0.6) is 144 Å². The number of ether oxygens (including phenoxy) is 12. The first-order valence-electron chi connectivity index (χ1n) is 37.2. The van der Waals surface area contributed by atoms with Gasteiger partial charge in [-0.3, -0.25) is 0 Å². The van der Waals surface area contributed by atoms with Crippen molar-refractivity contribution in [2.45, 2.75) is 93.1 Å². The highest BCUT2D eigenvalue weighted by molar-refractivity contribution is 5.58. The summed E-state index contributed by atoms with van der Waals surface area (Å²) in [6.45, 7) is 4.42. The van der Waals surface area contributed by atoms with Crippen LogP contribution in [0.25, 0.3) is 0 Å². The Balaban J connectivity index is 0.000000147. The van der Waals surface area contributed by atoms with Gasteiger partial charge in [0.05, 0.1) is 58.0 Å². The van der Waals surface area contributed by atoms with E-state index in [1.165, 1.54) is 104 Å². The van der Waals surface area contributed by atoms with E-state index in [2.05, 4.69) is 12.5 Å². The van der Waals surface area contributed by atoms with E-state index in [4.69, 9.17) is 68.4 Å². The van der Waals surface area contributed by atoms with Gasteiger partial charge in [0, 0.05) is 128 Å². The van der Waals surface area contributed by atoms with E-state index >= 15 is 0 Å². The number of aliphatic hydroxyl groups excluding tert-OH is 6. The SMILES string of the molecule is C#CCOc1ccc(C2Oc3cc(O)cc(O)c3CC2O)cc1O.C=CCOc1ccc(C2Oc3cc(O)cc(O)c3CC2O)cc1O.COCCOc1ccc(C2Oc3cc(O)cc(O)c3CC2O)cc1O.COc1ccc(C2Oc3cc(O)cc(O)c3CC2O)cc1OC.OCCOc1ccc(C2Oc3cc(O)cc(O)c3CC2O)cc1O. The smallest absolute Gasteiger partial charge is 0.162 e. The molecule has 0 fully saturated rings. The van der Waals surface area contributed by atoms with E-state index in [1.54, 1.807) is 74.9 Å². The summed E-state index contributed by atoms with van der Waals surface area (Å²) in [5.74, 6) is 4.34. The van der Waals surface area contributed by atoms with Crippen LogP contribution in [0.15, 0.2) is 164 Å². The molecule has 0 radical (unpaired) electrons. The second-order valence-electron chi connectivity index (χ2n) is 27.8. The number of aliphatic hydroxyl groups is 6. The highest BCUT2D eigenvalue weighted by atomic mass is 16.5. The molecule has 634 valence electrons. The summed E-state index contributed by atoms with van der Waals surface area (Å²) in [6, 6.07) is 36.8. The second kappa shape index (κ2) is 39.0. The number of rotatable bonds is 19. The summed E-state index contributed by atoms with van der Waals surface area (Å²) in [6.07, 6.45) is -0.626. The molecule has 0 aliphatic carbocycles. The zero-order chi connectivity index (χ0) is 86.3. The van der Waals surface area contributed by atoms with Gasteiger partial charge in [-0.1, -0.05) is 48.9 Å². The topological polar surface area (TPSA) is 515 Å². The van der Waals surface area contributed by atoms with Gasteiger partial charge in [-0.25, -0.2) is 0 Å². The minimum Gasteiger partial charge on any atom is -0.508 e. The number of phenolic OH excluding ortho intramolecular Hbond substituents is 14. The summed E-state index contributed by atoms with van der Waals surface area (Å²) in [5.41, 5.74) is 5.06. The number of methoxy groups -OCH3 is 3. The summed E-state index contributed by atoms with van der Waals surface area (Å²) < 4.78 is 65.1. The van der Waals surface area contributed by atoms with Crippen molar-refractivity contribution >= 4 is 0 Å². The van der Waals surface area contributed by atoms with Crippen molar-refractivity contribution < 1.29 is 159 Å². The van der Waals surface area contributed by atoms with E-state index in [9.17, 15) is 97.0 Å². The Morgan fingerprint density at radius 1 is 0.333 bits per heavy atom. The molecular weight excluding hydrogens is 1570 g/mol. The Kier molecular flexibility index (Phi) is 28.3. The number of terminal acetylenes is 1. The van der Waals surface area contributed by atoms with Crippen LogP contribution in [0.2, 0.25) is 0 Å². The van der Waals surface area contributed by atoms with Crippen LogP contribution >= 0.6 is 0 Å². The average molecular weight is 1660 g/mol.